The third kappa shape index (κ3) is 3.67. The van der Waals surface area contributed by atoms with E-state index in [0.29, 0.717) is 13.8 Å². The summed E-state index contributed by atoms with van der Waals surface area (Å²) in [6.45, 7) is 3.95. The van der Waals surface area contributed by atoms with Crippen molar-refractivity contribution in [3.63, 3.8) is 0 Å². The molecule has 23 heavy (non-hydrogen) atoms. The highest BCUT2D eigenvalue weighted by Crippen LogP contribution is 2.52. The summed E-state index contributed by atoms with van der Waals surface area (Å²) < 4.78 is 68.8. The van der Waals surface area contributed by atoms with Gasteiger partial charge in [-0.2, -0.15) is 13.2 Å². The van der Waals surface area contributed by atoms with E-state index in [1.165, 1.54) is 6.92 Å². The van der Waals surface area contributed by atoms with Crippen LogP contribution in [0.5, 0.6) is 0 Å². The molecule has 1 rings (SSSR count). The average molecular weight is 402 g/mol. The van der Waals surface area contributed by atoms with Crippen molar-refractivity contribution in [2.75, 3.05) is 5.32 Å². The Kier molecular flexibility index (Phi) is 5.51. The molecule has 1 aromatic rings. The summed E-state index contributed by atoms with van der Waals surface area (Å²) in [5.74, 6) is -0.429. The lowest BCUT2D eigenvalue weighted by molar-refractivity contribution is -0.274. The Hall–Kier alpha value is -1.18. The van der Waals surface area contributed by atoms with Gasteiger partial charge in [0.15, 0.2) is 5.67 Å². The fourth-order valence-corrected chi connectivity index (χ4v) is 2.90. The van der Waals surface area contributed by atoms with E-state index >= 15 is 0 Å². The van der Waals surface area contributed by atoms with Crippen molar-refractivity contribution in [1.82, 2.24) is 0 Å². The number of carbonyl (C=O) groups is 1. The topological polar surface area (TPSA) is 29.1 Å². The van der Waals surface area contributed by atoms with Crippen molar-refractivity contribution in [3.05, 3.63) is 27.7 Å². The highest BCUT2D eigenvalue weighted by Gasteiger charge is 2.66. The molecule has 2 nitrogen and oxygen atoms in total. The van der Waals surface area contributed by atoms with Crippen LogP contribution in [0.25, 0.3) is 0 Å². The standard InChI is InChI=1S/C15H17BrF5NO/c1-5-9-6-10(7-11(16)12(9)22-8(2)23)14(18,13(3,4)17)15(19,20)21/h6-7H,5H2,1-4H3,(H,22,23). The molecule has 0 heterocycles. The van der Waals surface area contributed by atoms with E-state index in [1.54, 1.807) is 6.92 Å². The molecule has 1 atom stereocenters. The Labute approximate surface area is 139 Å². The van der Waals surface area contributed by atoms with Crippen LogP contribution >= 0.6 is 15.9 Å². The molecule has 130 valence electrons. The molecular formula is C15H17BrF5NO. The minimum atomic E-state index is -5.44. The van der Waals surface area contributed by atoms with E-state index in [1.807, 2.05) is 0 Å². The third-order valence-corrected chi connectivity index (χ3v) is 4.09. The lowest BCUT2D eigenvalue weighted by Gasteiger charge is -2.36. The van der Waals surface area contributed by atoms with Gasteiger partial charge in [0.25, 0.3) is 5.67 Å². The summed E-state index contributed by atoms with van der Waals surface area (Å²) in [6, 6.07) is 1.78. The van der Waals surface area contributed by atoms with Gasteiger partial charge in [0.2, 0.25) is 5.91 Å². The predicted octanol–water partition coefficient (Wildman–Crippen LogP) is 5.45. The summed E-state index contributed by atoms with van der Waals surface area (Å²) >= 11 is 3.02. The van der Waals surface area contributed by atoms with Crippen molar-refractivity contribution in [2.24, 2.45) is 0 Å². The molecule has 0 fully saturated rings. The molecule has 0 aliphatic carbocycles. The molecule has 0 saturated heterocycles. The SMILES string of the molecule is CCc1cc(C(F)(C(C)(C)F)C(F)(F)F)cc(Br)c1NC(C)=O. The molecule has 0 aromatic heterocycles. The van der Waals surface area contributed by atoms with Crippen LogP contribution in [0.2, 0.25) is 0 Å². The van der Waals surface area contributed by atoms with Crippen LogP contribution in [-0.4, -0.2) is 17.8 Å². The molecule has 1 unspecified atom stereocenters. The van der Waals surface area contributed by atoms with Crippen molar-refractivity contribution in [1.29, 1.82) is 0 Å². The third-order valence-electron chi connectivity index (χ3n) is 3.46. The van der Waals surface area contributed by atoms with Crippen LogP contribution < -0.4 is 5.32 Å². The minimum absolute atomic E-state index is 0.0533. The van der Waals surface area contributed by atoms with Crippen molar-refractivity contribution in [3.8, 4) is 0 Å². The highest BCUT2D eigenvalue weighted by molar-refractivity contribution is 9.10. The van der Waals surface area contributed by atoms with Crippen molar-refractivity contribution < 1.29 is 26.7 Å². The lowest BCUT2D eigenvalue weighted by Crippen LogP contribution is -2.51. The molecule has 1 amide bonds. The molecule has 0 bridgehead atoms. The van der Waals surface area contributed by atoms with Gasteiger partial charge < -0.3 is 5.32 Å². The second-order valence-corrected chi connectivity index (χ2v) is 6.51. The number of alkyl halides is 5. The van der Waals surface area contributed by atoms with Crippen LogP contribution in [0.4, 0.5) is 27.6 Å². The fourth-order valence-electron chi connectivity index (χ4n) is 2.30. The van der Waals surface area contributed by atoms with E-state index in [4.69, 9.17) is 0 Å². The number of halogens is 6. The first kappa shape index (κ1) is 19.9. The van der Waals surface area contributed by atoms with E-state index in [0.717, 1.165) is 12.1 Å². The van der Waals surface area contributed by atoms with Gasteiger partial charge in [-0.25, -0.2) is 8.78 Å². The summed E-state index contributed by atoms with van der Waals surface area (Å²) in [4.78, 5) is 11.2. The Morgan fingerprint density at radius 3 is 2.04 bits per heavy atom. The van der Waals surface area contributed by atoms with Gasteiger partial charge in [-0.05, 0) is 53.9 Å². The van der Waals surface area contributed by atoms with Crippen molar-refractivity contribution >= 4 is 27.5 Å². The van der Waals surface area contributed by atoms with Gasteiger partial charge in [0, 0.05) is 17.0 Å². The second-order valence-electron chi connectivity index (χ2n) is 5.66. The smallest absolute Gasteiger partial charge is 0.325 e. The molecule has 1 aromatic carbocycles. The number of hydrogen-bond acceptors (Lipinski definition) is 1. The molecule has 0 aliphatic heterocycles. The first-order chi connectivity index (χ1) is 10.3. The highest BCUT2D eigenvalue weighted by atomic mass is 79.9. The average Bonchev–Trinajstić information content (AvgIpc) is 2.36. The summed E-state index contributed by atoms with van der Waals surface area (Å²) in [5, 5.41) is 2.47. The van der Waals surface area contributed by atoms with Crippen LogP contribution in [0, 0.1) is 0 Å². The number of aryl methyl sites for hydroxylation is 1. The molecule has 0 spiro atoms. The van der Waals surface area contributed by atoms with E-state index < -0.39 is 29.0 Å². The number of carbonyl (C=O) groups excluding carboxylic acids is 1. The number of rotatable bonds is 4. The quantitative estimate of drug-likeness (QED) is 0.668. The maximum Gasteiger partial charge on any atom is 0.429 e. The van der Waals surface area contributed by atoms with Gasteiger partial charge in [-0.15, -0.1) is 0 Å². The Bertz CT molecular complexity index is 593. The summed E-state index contributed by atoms with van der Waals surface area (Å²) in [7, 11) is 0. The summed E-state index contributed by atoms with van der Waals surface area (Å²) in [6.07, 6.45) is -5.21. The van der Waals surface area contributed by atoms with E-state index in [9.17, 15) is 26.7 Å². The number of benzene rings is 1. The first-order valence-electron chi connectivity index (χ1n) is 6.80. The minimum Gasteiger partial charge on any atom is -0.325 e. The number of amides is 1. The second kappa shape index (κ2) is 6.37. The van der Waals surface area contributed by atoms with E-state index in [2.05, 4.69) is 21.2 Å². The van der Waals surface area contributed by atoms with Crippen molar-refractivity contribution in [2.45, 2.75) is 51.6 Å². The summed E-state index contributed by atoms with van der Waals surface area (Å²) in [5.41, 5.74) is -7.72. The Morgan fingerprint density at radius 2 is 1.70 bits per heavy atom. The van der Waals surface area contributed by atoms with Crippen LogP contribution in [0.15, 0.2) is 16.6 Å². The normalized spacial score (nSPS) is 15.2. The Balaban J connectivity index is 3.65. The maximum atomic E-state index is 14.8. The van der Waals surface area contributed by atoms with Gasteiger partial charge in [0.1, 0.15) is 0 Å². The van der Waals surface area contributed by atoms with Gasteiger partial charge in [-0.1, -0.05) is 6.92 Å². The zero-order valence-corrected chi connectivity index (χ0v) is 14.6. The molecule has 0 saturated carbocycles. The largest absolute Gasteiger partial charge is 0.429 e. The van der Waals surface area contributed by atoms with Gasteiger partial charge >= 0.3 is 6.18 Å². The van der Waals surface area contributed by atoms with E-state index in [-0.39, 0.29) is 22.1 Å². The molecule has 1 N–H and O–H groups in total. The molecule has 0 aliphatic rings. The predicted molar refractivity (Wildman–Crippen MR) is 81.9 cm³/mol. The lowest BCUT2D eigenvalue weighted by atomic mass is 9.81. The molecule has 8 heteroatoms. The molecule has 0 radical (unpaired) electrons. The maximum absolute atomic E-state index is 14.8. The van der Waals surface area contributed by atoms with Gasteiger partial charge in [-0.3, -0.25) is 4.79 Å². The van der Waals surface area contributed by atoms with Crippen LogP contribution in [-0.2, 0) is 16.9 Å². The number of hydrogen-bond donors (Lipinski definition) is 1. The zero-order chi connectivity index (χ0) is 18.2. The molecular weight excluding hydrogens is 385 g/mol. The number of nitrogens with one attached hydrogen (secondary N) is 1. The van der Waals surface area contributed by atoms with Crippen LogP contribution in [0.1, 0.15) is 38.8 Å². The van der Waals surface area contributed by atoms with Gasteiger partial charge in [0.05, 0.1) is 5.69 Å². The number of anilines is 1. The fraction of sp³-hybridized carbons (Fsp3) is 0.533. The first-order valence-corrected chi connectivity index (χ1v) is 7.60. The zero-order valence-electron chi connectivity index (χ0n) is 13.0. The van der Waals surface area contributed by atoms with Crippen LogP contribution in [0.3, 0.4) is 0 Å². The Morgan fingerprint density at radius 1 is 1.17 bits per heavy atom. The monoisotopic (exact) mass is 401 g/mol.